The number of aromatic hydroxyl groups is 1. The summed E-state index contributed by atoms with van der Waals surface area (Å²) in [5.74, 6) is 0.269. The Labute approximate surface area is 181 Å². The van der Waals surface area contributed by atoms with Gasteiger partial charge in [0.1, 0.15) is 58.9 Å². The van der Waals surface area contributed by atoms with Crippen LogP contribution < -0.4 is 14.9 Å². The second-order valence-electron chi connectivity index (χ2n) is 7.34. The third-order valence-corrected chi connectivity index (χ3v) is 5.32. The quantitative estimate of drug-likeness (QED) is 0.370. The molecular formula is C22H22O10. The highest BCUT2D eigenvalue weighted by atomic mass is 16.7. The maximum atomic E-state index is 13.3. The van der Waals surface area contributed by atoms with Crippen molar-refractivity contribution >= 4 is 11.0 Å². The Kier molecular flexibility index (Phi) is 6.04. The maximum Gasteiger partial charge on any atom is 0.229 e. The molecule has 32 heavy (non-hydrogen) atoms. The van der Waals surface area contributed by atoms with E-state index in [1.54, 1.807) is 12.1 Å². The van der Waals surface area contributed by atoms with Crippen molar-refractivity contribution in [1.29, 1.82) is 0 Å². The second kappa shape index (κ2) is 8.77. The molecule has 10 nitrogen and oxygen atoms in total. The number of aliphatic hydroxyl groups is 4. The van der Waals surface area contributed by atoms with Gasteiger partial charge in [0, 0.05) is 12.1 Å². The van der Waals surface area contributed by atoms with Gasteiger partial charge in [-0.25, -0.2) is 0 Å². The van der Waals surface area contributed by atoms with Crippen LogP contribution in [0.2, 0.25) is 0 Å². The molecule has 3 aromatic rings. The van der Waals surface area contributed by atoms with Crippen LogP contribution in [0.3, 0.4) is 0 Å². The highest BCUT2D eigenvalue weighted by Crippen LogP contribution is 2.34. The molecule has 5 atom stereocenters. The fourth-order valence-electron chi connectivity index (χ4n) is 3.53. The summed E-state index contributed by atoms with van der Waals surface area (Å²) in [5, 5.41) is 49.2. The van der Waals surface area contributed by atoms with Crippen molar-refractivity contribution in [2.45, 2.75) is 30.7 Å². The van der Waals surface area contributed by atoms with Crippen molar-refractivity contribution in [2.75, 3.05) is 13.7 Å². The summed E-state index contributed by atoms with van der Waals surface area (Å²) in [4.78, 5) is 13.3. The van der Waals surface area contributed by atoms with E-state index in [2.05, 4.69) is 0 Å². The predicted molar refractivity (Wildman–Crippen MR) is 111 cm³/mol. The largest absolute Gasteiger partial charge is 0.508 e. The standard InChI is InChI=1S/C22H22O10/c1-29-12-6-14-17(18(25)13(9-30-14)10-2-4-11(24)5-3-10)15(7-12)31-22-21(28)20(27)19(26)16(8-23)32-22/h2-7,9,16,19-24,26-28H,8H2,1H3/t16-,19-,20+,21-,22?/m0/s1. The van der Waals surface area contributed by atoms with Gasteiger partial charge in [-0.1, -0.05) is 12.1 Å². The topological polar surface area (TPSA) is 159 Å². The van der Waals surface area contributed by atoms with Crippen molar-refractivity contribution in [3.05, 3.63) is 52.9 Å². The molecule has 1 aromatic heterocycles. The number of rotatable bonds is 5. The maximum absolute atomic E-state index is 13.3. The Balaban J connectivity index is 1.81. The minimum atomic E-state index is -1.67. The van der Waals surface area contributed by atoms with Gasteiger partial charge in [0.25, 0.3) is 0 Å². The molecule has 5 N–H and O–H groups in total. The molecular weight excluding hydrogens is 424 g/mol. The lowest BCUT2D eigenvalue weighted by Gasteiger charge is -2.39. The normalized spacial score (nSPS) is 25.6. The number of phenols is 1. The average Bonchev–Trinajstić information content (AvgIpc) is 2.80. The molecule has 10 heteroatoms. The van der Waals surface area contributed by atoms with E-state index in [9.17, 15) is 30.3 Å². The Morgan fingerprint density at radius 3 is 2.41 bits per heavy atom. The van der Waals surface area contributed by atoms with E-state index in [1.807, 2.05) is 0 Å². The number of ether oxygens (including phenoxy) is 3. The highest BCUT2D eigenvalue weighted by Gasteiger charge is 2.45. The lowest BCUT2D eigenvalue weighted by atomic mass is 9.99. The average molecular weight is 446 g/mol. The van der Waals surface area contributed by atoms with E-state index < -0.39 is 42.7 Å². The van der Waals surface area contributed by atoms with Gasteiger partial charge in [-0.15, -0.1) is 0 Å². The molecule has 1 aliphatic rings. The Morgan fingerprint density at radius 2 is 1.75 bits per heavy atom. The van der Waals surface area contributed by atoms with Gasteiger partial charge in [0.05, 0.1) is 19.3 Å². The minimum Gasteiger partial charge on any atom is -0.508 e. The van der Waals surface area contributed by atoms with Crippen LogP contribution in [0.1, 0.15) is 0 Å². The molecule has 0 aliphatic carbocycles. The first-order chi connectivity index (χ1) is 15.3. The van der Waals surface area contributed by atoms with Gasteiger partial charge in [0.2, 0.25) is 11.7 Å². The summed E-state index contributed by atoms with van der Waals surface area (Å²) < 4.78 is 22.0. The van der Waals surface area contributed by atoms with Crippen molar-refractivity contribution in [1.82, 2.24) is 0 Å². The van der Waals surface area contributed by atoms with Gasteiger partial charge in [0.15, 0.2) is 0 Å². The van der Waals surface area contributed by atoms with Crippen molar-refractivity contribution in [3.8, 4) is 28.4 Å². The van der Waals surface area contributed by atoms with Crippen LogP contribution in [0.15, 0.2) is 51.9 Å². The molecule has 0 bridgehead atoms. The van der Waals surface area contributed by atoms with Gasteiger partial charge in [-0.05, 0) is 17.7 Å². The molecule has 0 spiro atoms. The van der Waals surface area contributed by atoms with Gasteiger partial charge in [-0.3, -0.25) is 4.79 Å². The van der Waals surface area contributed by atoms with Crippen molar-refractivity contribution < 1.29 is 44.2 Å². The summed E-state index contributed by atoms with van der Waals surface area (Å²) >= 11 is 0. The zero-order valence-electron chi connectivity index (χ0n) is 16.9. The summed E-state index contributed by atoms with van der Waals surface area (Å²) in [6.45, 7) is -0.628. The molecule has 1 fully saturated rings. The van der Waals surface area contributed by atoms with Crippen LogP contribution in [0, 0.1) is 0 Å². The first kappa shape index (κ1) is 22.1. The third kappa shape index (κ3) is 3.90. The van der Waals surface area contributed by atoms with Crippen LogP contribution in [-0.2, 0) is 4.74 Å². The fourth-order valence-corrected chi connectivity index (χ4v) is 3.53. The fraction of sp³-hybridized carbons (Fsp3) is 0.318. The van der Waals surface area contributed by atoms with Crippen LogP contribution in [-0.4, -0.2) is 70.0 Å². The van der Waals surface area contributed by atoms with E-state index in [4.69, 9.17) is 18.6 Å². The monoisotopic (exact) mass is 446 g/mol. The zero-order chi connectivity index (χ0) is 23.0. The summed E-state index contributed by atoms with van der Waals surface area (Å²) in [7, 11) is 1.40. The predicted octanol–water partition coefficient (Wildman–Crippen LogP) is 0.353. The lowest BCUT2D eigenvalue weighted by molar-refractivity contribution is -0.277. The number of hydrogen-bond acceptors (Lipinski definition) is 10. The van der Waals surface area contributed by atoms with Crippen molar-refractivity contribution in [3.63, 3.8) is 0 Å². The van der Waals surface area contributed by atoms with Crippen LogP contribution in [0.4, 0.5) is 0 Å². The molecule has 2 aromatic carbocycles. The minimum absolute atomic E-state index is 0.0216. The number of benzene rings is 2. The van der Waals surface area contributed by atoms with Crippen LogP contribution in [0.5, 0.6) is 17.2 Å². The molecule has 1 aliphatic heterocycles. The summed E-state index contributed by atoms with van der Waals surface area (Å²) in [6, 6.07) is 8.83. The van der Waals surface area contributed by atoms with E-state index in [0.29, 0.717) is 5.56 Å². The second-order valence-corrected chi connectivity index (χ2v) is 7.34. The Hall–Kier alpha value is -3.15. The highest BCUT2D eigenvalue weighted by molar-refractivity contribution is 5.88. The number of fused-ring (bicyclic) bond motifs is 1. The molecule has 4 rings (SSSR count). The molecule has 2 heterocycles. The molecule has 0 saturated carbocycles. The molecule has 170 valence electrons. The Morgan fingerprint density at radius 1 is 1.03 bits per heavy atom. The molecule has 0 amide bonds. The number of hydrogen-bond donors (Lipinski definition) is 5. The summed E-state index contributed by atoms with van der Waals surface area (Å²) in [6.07, 6.45) is -6.28. The smallest absolute Gasteiger partial charge is 0.229 e. The SMILES string of the molecule is COc1cc(OC2O[C@@H](CO)[C@H](O)[C@@H](O)[C@@H]2O)c2c(=O)c(-c3ccc(O)cc3)coc2c1. The lowest BCUT2D eigenvalue weighted by Crippen LogP contribution is -2.60. The first-order valence-corrected chi connectivity index (χ1v) is 9.74. The van der Waals surface area contributed by atoms with Crippen LogP contribution >= 0.6 is 0 Å². The van der Waals surface area contributed by atoms with Gasteiger partial charge >= 0.3 is 0 Å². The summed E-state index contributed by atoms with van der Waals surface area (Å²) in [5.41, 5.74) is 0.366. The molecule has 1 saturated heterocycles. The van der Waals surface area contributed by atoms with Gasteiger partial charge < -0.3 is 44.2 Å². The third-order valence-electron chi connectivity index (χ3n) is 5.32. The first-order valence-electron chi connectivity index (χ1n) is 9.74. The van der Waals surface area contributed by atoms with Gasteiger partial charge in [-0.2, -0.15) is 0 Å². The van der Waals surface area contributed by atoms with E-state index in [1.165, 1.54) is 37.6 Å². The number of phenolic OH excluding ortho intramolecular Hbond substituents is 1. The number of methoxy groups -OCH3 is 1. The van der Waals surface area contributed by atoms with E-state index in [-0.39, 0.29) is 33.8 Å². The van der Waals surface area contributed by atoms with Crippen LogP contribution in [0.25, 0.3) is 22.1 Å². The zero-order valence-corrected chi connectivity index (χ0v) is 16.9. The molecule has 0 radical (unpaired) electrons. The van der Waals surface area contributed by atoms with E-state index >= 15 is 0 Å². The number of aliphatic hydroxyl groups excluding tert-OH is 4. The molecule has 1 unspecified atom stereocenters. The van der Waals surface area contributed by atoms with Crippen molar-refractivity contribution in [2.24, 2.45) is 0 Å². The Bertz CT molecular complexity index is 1150. The van der Waals surface area contributed by atoms with E-state index in [0.717, 1.165) is 0 Å².